The van der Waals surface area contributed by atoms with Crippen molar-refractivity contribution in [2.75, 3.05) is 6.61 Å². The first-order valence-electron chi connectivity index (χ1n) is 6.50. The van der Waals surface area contributed by atoms with E-state index in [4.69, 9.17) is 25.5 Å². The number of carbonyl (C=O) groups excluding carboxylic acids is 1. The van der Waals surface area contributed by atoms with Crippen molar-refractivity contribution in [2.24, 2.45) is 0 Å². The minimum atomic E-state index is -3.65. The molecule has 0 aliphatic rings. The molecule has 0 amide bonds. The first-order valence-corrected chi connectivity index (χ1v) is 6.50. The third-order valence-electron chi connectivity index (χ3n) is 2.94. The van der Waals surface area contributed by atoms with Crippen molar-refractivity contribution in [1.29, 1.82) is 0 Å². The second kappa shape index (κ2) is 8.95. The van der Waals surface area contributed by atoms with Crippen LogP contribution >= 0.6 is 0 Å². The summed E-state index contributed by atoms with van der Waals surface area (Å²) in [5.41, 5.74) is -3.65. The number of aliphatic carboxylic acids is 3. The van der Waals surface area contributed by atoms with Crippen molar-refractivity contribution in [2.45, 2.75) is 30.3 Å². The standard InChI is InChI=1S/C12H16O14/c13-2-3(14)5(17)6(18)7(19)10(22)26-8(9(20)21)12(25,11(23)24)1-4(15)16/h3,5,8,13-14,17-19,25H,1-2H2,(H,15,16)(H,20,21)(H,23,24)/b7-6-/t3-,5+,8-,12-/m0/s1. The second-order valence-electron chi connectivity index (χ2n) is 4.85. The first kappa shape index (κ1) is 23.1. The molecule has 9 N–H and O–H groups in total. The van der Waals surface area contributed by atoms with Gasteiger partial charge in [0.25, 0.3) is 0 Å². The lowest BCUT2D eigenvalue weighted by Crippen LogP contribution is -2.56. The molecule has 148 valence electrons. The van der Waals surface area contributed by atoms with E-state index < -0.39 is 72.3 Å². The fourth-order valence-corrected chi connectivity index (χ4v) is 1.55. The molecule has 14 nitrogen and oxygen atoms in total. The Morgan fingerprint density at radius 3 is 1.81 bits per heavy atom. The highest BCUT2D eigenvalue weighted by Crippen LogP contribution is 2.22. The lowest BCUT2D eigenvalue weighted by atomic mass is 9.92. The Bertz CT molecular complexity index is 609. The maximum absolute atomic E-state index is 11.6. The molecule has 0 saturated carbocycles. The van der Waals surface area contributed by atoms with Gasteiger partial charge in [0.15, 0.2) is 5.76 Å². The summed E-state index contributed by atoms with van der Waals surface area (Å²) < 4.78 is 4.03. The van der Waals surface area contributed by atoms with Gasteiger partial charge >= 0.3 is 23.9 Å². The highest BCUT2D eigenvalue weighted by molar-refractivity contribution is 5.94. The van der Waals surface area contributed by atoms with E-state index in [0.717, 1.165) is 0 Å². The molecule has 0 aromatic heterocycles. The summed E-state index contributed by atoms with van der Waals surface area (Å²) in [6.07, 6.45) is -9.23. The van der Waals surface area contributed by atoms with Crippen LogP contribution in [0.4, 0.5) is 0 Å². The molecule has 0 aromatic carbocycles. The third-order valence-corrected chi connectivity index (χ3v) is 2.94. The maximum Gasteiger partial charge on any atom is 0.378 e. The van der Waals surface area contributed by atoms with Crippen LogP contribution in [0.2, 0.25) is 0 Å². The molecular formula is C12H16O14. The quantitative estimate of drug-likeness (QED) is 0.0997. The van der Waals surface area contributed by atoms with Crippen LogP contribution in [-0.2, 0) is 23.9 Å². The average Bonchev–Trinajstić information content (AvgIpc) is 2.55. The van der Waals surface area contributed by atoms with Crippen molar-refractivity contribution in [3.05, 3.63) is 11.5 Å². The van der Waals surface area contributed by atoms with Crippen LogP contribution in [0.15, 0.2) is 11.5 Å². The zero-order valence-corrected chi connectivity index (χ0v) is 12.7. The second-order valence-corrected chi connectivity index (χ2v) is 4.85. The van der Waals surface area contributed by atoms with Gasteiger partial charge in [0, 0.05) is 0 Å². The number of aliphatic hydroxyl groups is 6. The van der Waals surface area contributed by atoms with Crippen molar-refractivity contribution in [3.63, 3.8) is 0 Å². The molecule has 0 aliphatic carbocycles. The molecule has 0 unspecified atom stereocenters. The Hall–Kier alpha value is -2.94. The Balaban J connectivity index is 5.76. The normalized spacial score (nSPS) is 17.8. The lowest BCUT2D eigenvalue weighted by Gasteiger charge is -2.27. The largest absolute Gasteiger partial charge is 0.506 e. The summed E-state index contributed by atoms with van der Waals surface area (Å²) in [6, 6.07) is 0. The molecule has 0 heterocycles. The Kier molecular flexibility index (Phi) is 7.94. The predicted octanol–water partition coefficient (Wildman–Crippen LogP) is -3.69. The predicted molar refractivity (Wildman–Crippen MR) is 73.7 cm³/mol. The number of aliphatic hydroxyl groups excluding tert-OH is 5. The van der Waals surface area contributed by atoms with E-state index in [1.54, 1.807) is 0 Å². The van der Waals surface area contributed by atoms with Crippen LogP contribution in [0, 0.1) is 0 Å². The van der Waals surface area contributed by atoms with Crippen LogP contribution in [0.25, 0.3) is 0 Å². The number of carboxylic acids is 3. The minimum absolute atomic E-state index is 1.12. The fourth-order valence-electron chi connectivity index (χ4n) is 1.55. The molecular weight excluding hydrogens is 368 g/mol. The molecule has 26 heavy (non-hydrogen) atoms. The summed E-state index contributed by atoms with van der Waals surface area (Å²) in [7, 11) is 0. The van der Waals surface area contributed by atoms with E-state index in [2.05, 4.69) is 4.74 Å². The third kappa shape index (κ3) is 5.28. The van der Waals surface area contributed by atoms with Crippen molar-refractivity contribution < 1.29 is 69.9 Å². The van der Waals surface area contributed by atoms with Gasteiger partial charge in [-0.25, -0.2) is 14.4 Å². The van der Waals surface area contributed by atoms with Crippen molar-refractivity contribution in [3.8, 4) is 0 Å². The van der Waals surface area contributed by atoms with Gasteiger partial charge in [-0.2, -0.15) is 0 Å². The number of ether oxygens (including phenoxy) is 1. The molecule has 0 saturated heterocycles. The van der Waals surface area contributed by atoms with Crippen LogP contribution in [-0.4, -0.2) is 100 Å². The highest BCUT2D eigenvalue weighted by Gasteiger charge is 2.53. The number of carboxylic acid groups (broad SMARTS) is 3. The topological polar surface area (TPSA) is 260 Å². The van der Waals surface area contributed by atoms with Crippen LogP contribution in [0.5, 0.6) is 0 Å². The van der Waals surface area contributed by atoms with Gasteiger partial charge in [0.2, 0.25) is 17.5 Å². The summed E-state index contributed by atoms with van der Waals surface area (Å²) in [5, 5.41) is 81.8. The average molecular weight is 384 g/mol. The Morgan fingerprint density at radius 2 is 1.46 bits per heavy atom. The molecule has 0 aliphatic heterocycles. The van der Waals surface area contributed by atoms with Crippen LogP contribution < -0.4 is 0 Å². The van der Waals surface area contributed by atoms with Crippen LogP contribution in [0.1, 0.15) is 6.42 Å². The fraction of sp³-hybridized carbons (Fsp3) is 0.500. The summed E-state index contributed by atoms with van der Waals surface area (Å²) in [5.74, 6) is -12.4. The number of esters is 1. The van der Waals surface area contributed by atoms with E-state index in [9.17, 15) is 39.6 Å². The Morgan fingerprint density at radius 1 is 0.962 bits per heavy atom. The van der Waals surface area contributed by atoms with E-state index in [-0.39, 0.29) is 0 Å². The van der Waals surface area contributed by atoms with E-state index in [1.165, 1.54) is 0 Å². The number of carbonyl (C=O) groups is 4. The van der Waals surface area contributed by atoms with Gasteiger partial charge < -0.3 is 50.7 Å². The van der Waals surface area contributed by atoms with Crippen LogP contribution in [0.3, 0.4) is 0 Å². The molecule has 0 aromatic rings. The van der Waals surface area contributed by atoms with Gasteiger partial charge in [-0.3, -0.25) is 4.79 Å². The molecule has 0 rings (SSSR count). The number of hydrogen-bond acceptors (Lipinski definition) is 11. The van der Waals surface area contributed by atoms with Gasteiger partial charge in [-0.05, 0) is 0 Å². The smallest absolute Gasteiger partial charge is 0.378 e. The highest BCUT2D eigenvalue weighted by atomic mass is 16.6. The van der Waals surface area contributed by atoms with Gasteiger partial charge in [0.1, 0.15) is 12.2 Å². The monoisotopic (exact) mass is 384 g/mol. The van der Waals surface area contributed by atoms with E-state index >= 15 is 0 Å². The molecule has 4 atom stereocenters. The lowest BCUT2D eigenvalue weighted by molar-refractivity contribution is -0.197. The van der Waals surface area contributed by atoms with E-state index in [1.807, 2.05) is 0 Å². The maximum atomic E-state index is 11.6. The molecule has 14 heteroatoms. The first-order chi connectivity index (χ1) is 11.8. The van der Waals surface area contributed by atoms with Gasteiger partial charge in [-0.15, -0.1) is 0 Å². The summed E-state index contributed by atoms with van der Waals surface area (Å²) in [4.78, 5) is 44.3. The molecule has 0 spiro atoms. The summed E-state index contributed by atoms with van der Waals surface area (Å²) in [6.45, 7) is -1.12. The zero-order chi connectivity index (χ0) is 20.8. The SMILES string of the molecule is O=C(O)C[C@@](O)(C(=O)O)[C@@H](OC(=O)/C(O)=C(/O)[C@H](O)[C@@H](O)CO)C(=O)O. The molecule has 0 fully saturated rings. The zero-order valence-electron chi connectivity index (χ0n) is 12.7. The number of hydrogen-bond donors (Lipinski definition) is 9. The summed E-state index contributed by atoms with van der Waals surface area (Å²) >= 11 is 0. The van der Waals surface area contributed by atoms with Gasteiger partial charge in [0.05, 0.1) is 13.0 Å². The molecule has 0 bridgehead atoms. The molecule has 0 radical (unpaired) electrons. The Labute approximate surface area is 143 Å². The van der Waals surface area contributed by atoms with E-state index in [0.29, 0.717) is 0 Å². The number of rotatable bonds is 10. The van der Waals surface area contributed by atoms with Crippen molar-refractivity contribution in [1.82, 2.24) is 0 Å². The van der Waals surface area contributed by atoms with Gasteiger partial charge in [-0.1, -0.05) is 0 Å². The minimum Gasteiger partial charge on any atom is -0.506 e. The van der Waals surface area contributed by atoms with Crippen molar-refractivity contribution >= 4 is 23.9 Å².